The summed E-state index contributed by atoms with van der Waals surface area (Å²) >= 11 is 0. The first-order valence-corrected chi connectivity index (χ1v) is 12.4. The third-order valence-corrected chi connectivity index (χ3v) is 6.95. The molecule has 0 aliphatic heterocycles. The number of carboxylic acids is 2. The van der Waals surface area contributed by atoms with E-state index in [1.54, 1.807) is 0 Å². The molecule has 0 aromatic heterocycles. The van der Waals surface area contributed by atoms with Crippen molar-refractivity contribution in [2.45, 2.75) is 9.79 Å². The maximum atomic E-state index is 13.3. The van der Waals surface area contributed by atoms with Crippen LogP contribution in [0.5, 0.6) is 11.5 Å². The number of carboxylic acid groups (broad SMARTS) is 2. The minimum atomic E-state index is -4.04. The van der Waals surface area contributed by atoms with Crippen LogP contribution in [0.25, 0.3) is 0 Å². The van der Waals surface area contributed by atoms with Gasteiger partial charge in [-0.15, -0.1) is 0 Å². The first-order valence-electron chi connectivity index (χ1n) is 10.9. The Kier molecular flexibility index (Phi) is 11.9. The van der Waals surface area contributed by atoms with Gasteiger partial charge in [-0.1, -0.05) is 35.8 Å². The molecule has 0 heterocycles. The summed E-state index contributed by atoms with van der Waals surface area (Å²) < 4.78 is 26.5. The van der Waals surface area contributed by atoms with Gasteiger partial charge in [-0.05, 0) is 60.7 Å². The summed E-state index contributed by atoms with van der Waals surface area (Å²) in [5.41, 5.74) is -0.427. The van der Waals surface area contributed by atoms with Crippen LogP contribution in [-0.4, -0.2) is 30.6 Å². The van der Waals surface area contributed by atoms with E-state index in [-0.39, 0.29) is 91.7 Å². The van der Waals surface area contributed by atoms with Crippen molar-refractivity contribution in [1.82, 2.24) is 0 Å². The van der Waals surface area contributed by atoms with Crippen LogP contribution in [0.3, 0.4) is 0 Å². The number of sulfone groups is 1. The Hall–Kier alpha value is -3.43. The van der Waals surface area contributed by atoms with Crippen LogP contribution >= 0.6 is 0 Å². The maximum absolute atomic E-state index is 13.3. The van der Waals surface area contributed by atoms with Crippen LogP contribution in [0.4, 0.5) is 22.7 Å². The van der Waals surface area contributed by atoms with Gasteiger partial charge < -0.3 is 20.4 Å². The van der Waals surface area contributed by atoms with Gasteiger partial charge >= 0.3 is 71.1 Å². The summed E-state index contributed by atoms with van der Waals surface area (Å²) in [7, 11) is -4.04. The normalized spacial score (nSPS) is 11.1. The molecule has 4 rings (SSSR count). The quantitative estimate of drug-likeness (QED) is 0.190. The molecule has 0 aliphatic rings. The van der Waals surface area contributed by atoms with E-state index in [4.69, 9.17) is 10.2 Å². The molecule has 15 heteroatoms. The van der Waals surface area contributed by atoms with Gasteiger partial charge in [0.15, 0.2) is 0 Å². The molecule has 0 unspecified atom stereocenters. The molecule has 0 radical (unpaired) electrons. The second kappa shape index (κ2) is 14.5. The van der Waals surface area contributed by atoms with Crippen LogP contribution in [0.15, 0.2) is 115 Å². The molecule has 4 aromatic carbocycles. The fourth-order valence-electron chi connectivity index (χ4n) is 3.29. The SMILES string of the molecule is O=C(O)c1cc(N=Nc2cccc(S(=O)(=O)c3cccc(N=Nc4ccc([O-])c(C(=O)O)c4)c3)c2)ccc1[O-].[Na+].[Na+]. The molecule has 0 atom stereocenters. The van der Waals surface area contributed by atoms with Gasteiger partial charge in [-0.3, -0.25) is 0 Å². The van der Waals surface area contributed by atoms with E-state index in [1.165, 1.54) is 60.7 Å². The van der Waals surface area contributed by atoms with E-state index in [1.807, 2.05) is 0 Å². The predicted octanol–water partition coefficient (Wildman–Crippen LogP) is -1.10. The molecular weight excluding hydrogens is 574 g/mol. The number of hydrogen-bond donors (Lipinski definition) is 2. The number of azo groups is 2. The Morgan fingerprint density at radius 2 is 0.902 bits per heavy atom. The van der Waals surface area contributed by atoms with Crippen molar-refractivity contribution in [3.8, 4) is 11.5 Å². The summed E-state index contributed by atoms with van der Waals surface area (Å²) in [5.74, 6) is -4.17. The summed E-state index contributed by atoms with van der Waals surface area (Å²) in [4.78, 5) is 22.1. The average Bonchev–Trinajstić information content (AvgIpc) is 2.92. The van der Waals surface area contributed by atoms with Gasteiger partial charge in [0.2, 0.25) is 9.84 Å². The minimum absolute atomic E-state index is 0. The largest absolute Gasteiger partial charge is 1.00 e. The predicted molar refractivity (Wildman–Crippen MR) is 132 cm³/mol. The van der Waals surface area contributed by atoms with E-state index in [0.29, 0.717) is 0 Å². The Labute approximate surface area is 277 Å². The molecule has 0 aliphatic carbocycles. The van der Waals surface area contributed by atoms with E-state index in [0.717, 1.165) is 24.3 Å². The van der Waals surface area contributed by atoms with Gasteiger partial charge in [0, 0.05) is 0 Å². The first-order chi connectivity index (χ1) is 18.5. The Morgan fingerprint density at radius 3 is 1.24 bits per heavy atom. The molecule has 196 valence electrons. The summed E-state index contributed by atoms with van der Waals surface area (Å²) in [6.07, 6.45) is 0. The Morgan fingerprint density at radius 1 is 0.561 bits per heavy atom. The summed E-state index contributed by atoms with van der Waals surface area (Å²) in [5, 5.41) is 57.0. The second-order valence-corrected chi connectivity index (χ2v) is 9.82. The zero-order valence-corrected chi connectivity index (χ0v) is 26.4. The fraction of sp³-hybridized carbons (Fsp3) is 0. The number of nitrogens with zero attached hydrogens (tertiary/aromatic N) is 4. The van der Waals surface area contributed by atoms with E-state index >= 15 is 0 Å². The molecule has 0 fully saturated rings. The smallest absolute Gasteiger partial charge is 0.872 e. The zero-order chi connectivity index (χ0) is 28.2. The van der Waals surface area contributed by atoms with Crippen LogP contribution in [0.1, 0.15) is 20.7 Å². The van der Waals surface area contributed by atoms with Crippen molar-refractivity contribution < 1.29 is 97.5 Å². The molecule has 0 amide bonds. The number of aromatic carboxylic acids is 2. The van der Waals surface area contributed by atoms with Crippen molar-refractivity contribution >= 4 is 44.5 Å². The van der Waals surface area contributed by atoms with E-state index in [2.05, 4.69) is 20.5 Å². The van der Waals surface area contributed by atoms with Gasteiger partial charge in [0.1, 0.15) is 0 Å². The number of benzene rings is 4. The molecule has 2 N–H and O–H groups in total. The van der Waals surface area contributed by atoms with Gasteiger partial charge in [-0.25, -0.2) is 18.0 Å². The van der Waals surface area contributed by atoms with Gasteiger partial charge in [0.25, 0.3) is 0 Å². The molecule has 12 nitrogen and oxygen atoms in total. The molecule has 0 bridgehead atoms. The van der Waals surface area contributed by atoms with Gasteiger partial charge in [0.05, 0.1) is 43.7 Å². The maximum Gasteiger partial charge on any atom is 1.00 e. The Balaban J connectivity index is 0.00000294. The number of rotatable bonds is 8. The van der Waals surface area contributed by atoms with Crippen LogP contribution < -0.4 is 69.3 Å². The minimum Gasteiger partial charge on any atom is -0.872 e. The van der Waals surface area contributed by atoms with Crippen molar-refractivity contribution in [2.24, 2.45) is 20.5 Å². The number of hydrogen-bond acceptors (Lipinski definition) is 10. The zero-order valence-electron chi connectivity index (χ0n) is 21.6. The standard InChI is InChI=1S/C26H18N4O8S.2Na/c31-23-9-7-17(13-21(23)25(33)34)29-27-15-3-1-5-19(11-15)39(37,38)20-6-2-4-16(12-20)28-30-18-8-10-24(32)22(14-18)26(35)36;;/h1-14,31-32H,(H,33,34)(H,35,36);;/q;2*+1/p-2. The second-order valence-electron chi connectivity index (χ2n) is 7.87. The van der Waals surface area contributed by atoms with Crippen LogP contribution in [0, 0.1) is 0 Å². The number of carbonyl (C=O) groups is 2. The van der Waals surface area contributed by atoms with E-state index in [9.17, 15) is 28.2 Å². The van der Waals surface area contributed by atoms with Crippen molar-refractivity contribution in [3.63, 3.8) is 0 Å². The first kappa shape index (κ1) is 33.8. The molecule has 4 aromatic rings. The van der Waals surface area contributed by atoms with Crippen molar-refractivity contribution in [2.75, 3.05) is 0 Å². The molecule has 0 saturated carbocycles. The van der Waals surface area contributed by atoms with Crippen molar-refractivity contribution in [3.05, 3.63) is 96.1 Å². The molecular formula is C26H16N4Na2O8S. The average molecular weight is 590 g/mol. The molecule has 0 saturated heterocycles. The summed E-state index contributed by atoms with van der Waals surface area (Å²) in [6.45, 7) is 0. The van der Waals surface area contributed by atoms with Crippen LogP contribution in [-0.2, 0) is 9.84 Å². The monoisotopic (exact) mass is 590 g/mol. The topological polar surface area (TPSA) is 204 Å². The van der Waals surface area contributed by atoms with Gasteiger partial charge in [-0.2, -0.15) is 20.5 Å². The Bertz CT molecular complexity index is 1660. The molecule has 0 spiro atoms. The summed E-state index contributed by atoms with van der Waals surface area (Å²) in [6, 6.07) is 17.9. The molecule has 41 heavy (non-hydrogen) atoms. The van der Waals surface area contributed by atoms with Crippen molar-refractivity contribution in [1.29, 1.82) is 0 Å². The third-order valence-electron chi connectivity index (χ3n) is 5.20. The van der Waals surface area contributed by atoms with E-state index < -0.39 is 44.4 Å². The van der Waals surface area contributed by atoms with Crippen LogP contribution in [0.2, 0.25) is 0 Å². The third kappa shape index (κ3) is 8.30. The fourth-order valence-corrected chi connectivity index (χ4v) is 4.63.